The Morgan fingerprint density at radius 3 is 2.43 bits per heavy atom. The van der Waals surface area contributed by atoms with Crippen molar-refractivity contribution in [1.29, 1.82) is 0 Å². The van der Waals surface area contributed by atoms with Crippen molar-refractivity contribution in [3.8, 4) is 0 Å². The topological polar surface area (TPSA) is 65.0 Å². The molecule has 3 rings (SSSR count). The lowest BCUT2D eigenvalue weighted by atomic mass is 10.1. The predicted molar refractivity (Wildman–Crippen MR) is 113 cm³/mol. The highest BCUT2D eigenvalue weighted by atomic mass is 32.1. The summed E-state index contributed by atoms with van der Waals surface area (Å²) in [4.78, 5) is 33.9. The molecule has 1 aromatic carbocycles. The monoisotopic (exact) mass is 398 g/mol. The van der Waals surface area contributed by atoms with Crippen molar-refractivity contribution in [3.63, 3.8) is 0 Å². The zero-order valence-electron chi connectivity index (χ0n) is 16.4. The first kappa shape index (κ1) is 20.1. The molecule has 7 heteroatoms. The Balaban J connectivity index is 1.38. The molecule has 28 heavy (non-hydrogen) atoms. The van der Waals surface area contributed by atoms with E-state index in [0.29, 0.717) is 17.7 Å². The maximum Gasteiger partial charge on any atom is 0.261 e. The molecule has 1 aromatic heterocycles. The molecule has 1 aliphatic rings. The van der Waals surface area contributed by atoms with Gasteiger partial charge in [-0.25, -0.2) is 0 Å². The van der Waals surface area contributed by atoms with Crippen molar-refractivity contribution in [2.75, 3.05) is 33.7 Å². The smallest absolute Gasteiger partial charge is 0.261 e. The third-order valence-electron chi connectivity index (χ3n) is 4.82. The minimum atomic E-state index is -0.183. The maximum atomic E-state index is 12.3. The lowest BCUT2D eigenvalue weighted by Gasteiger charge is -2.22. The summed E-state index contributed by atoms with van der Waals surface area (Å²) in [6, 6.07) is 11.2. The van der Waals surface area contributed by atoms with Gasteiger partial charge in [0.1, 0.15) is 0 Å². The Morgan fingerprint density at radius 1 is 1.11 bits per heavy atom. The molecule has 0 atom stereocenters. The number of carbonyl (C=O) groups excluding carboxylic acids is 2. The quantitative estimate of drug-likeness (QED) is 0.321. The van der Waals surface area contributed by atoms with Crippen LogP contribution in [0, 0.1) is 0 Å². The third-order valence-corrected chi connectivity index (χ3v) is 5.75. The second-order valence-corrected chi connectivity index (χ2v) is 7.77. The van der Waals surface area contributed by atoms with Crippen LogP contribution in [-0.2, 0) is 6.42 Å². The molecule has 0 unspecified atom stereocenters. The van der Waals surface area contributed by atoms with Gasteiger partial charge < -0.3 is 10.2 Å². The zero-order chi connectivity index (χ0) is 19.9. The average Bonchev–Trinajstić information content (AvgIpc) is 3.31. The lowest BCUT2D eigenvalue weighted by molar-refractivity contribution is 0.0652. The second-order valence-electron chi connectivity index (χ2n) is 6.74. The van der Waals surface area contributed by atoms with Gasteiger partial charge in [0, 0.05) is 38.6 Å². The van der Waals surface area contributed by atoms with Crippen LogP contribution < -0.4 is 5.32 Å². The van der Waals surface area contributed by atoms with Crippen molar-refractivity contribution < 1.29 is 9.59 Å². The van der Waals surface area contributed by atoms with Gasteiger partial charge in [0.15, 0.2) is 5.96 Å². The van der Waals surface area contributed by atoms with Crippen molar-refractivity contribution >= 4 is 29.1 Å². The maximum absolute atomic E-state index is 12.3. The molecule has 0 bridgehead atoms. The van der Waals surface area contributed by atoms with E-state index in [2.05, 4.69) is 32.7 Å². The van der Waals surface area contributed by atoms with Gasteiger partial charge in [-0.15, -0.1) is 11.3 Å². The summed E-state index contributed by atoms with van der Waals surface area (Å²) < 4.78 is 0. The van der Waals surface area contributed by atoms with Gasteiger partial charge >= 0.3 is 0 Å². The number of guanidine groups is 1. The third kappa shape index (κ3) is 4.59. The summed E-state index contributed by atoms with van der Waals surface area (Å²) in [5.41, 5.74) is 1.02. The average molecular weight is 399 g/mol. The van der Waals surface area contributed by atoms with Crippen LogP contribution in [0.4, 0.5) is 0 Å². The van der Waals surface area contributed by atoms with Crippen molar-refractivity contribution in [2.24, 2.45) is 4.99 Å². The van der Waals surface area contributed by atoms with Gasteiger partial charge in [-0.05, 0) is 42.8 Å². The van der Waals surface area contributed by atoms with Crippen LogP contribution in [0.2, 0.25) is 0 Å². The number of unbranched alkanes of at least 4 members (excludes halogenated alkanes) is 1. The van der Waals surface area contributed by atoms with E-state index in [4.69, 9.17) is 0 Å². The van der Waals surface area contributed by atoms with Gasteiger partial charge in [-0.2, -0.15) is 0 Å². The summed E-state index contributed by atoms with van der Waals surface area (Å²) in [5, 5.41) is 5.45. The van der Waals surface area contributed by atoms with E-state index in [1.807, 2.05) is 7.05 Å². The first-order valence-electron chi connectivity index (χ1n) is 9.51. The predicted octanol–water partition coefficient (Wildman–Crippen LogP) is 2.87. The molecule has 0 radical (unpaired) electrons. The molecule has 2 heterocycles. The van der Waals surface area contributed by atoms with Gasteiger partial charge in [0.2, 0.25) is 0 Å². The molecule has 0 saturated heterocycles. The first-order chi connectivity index (χ1) is 13.6. The van der Waals surface area contributed by atoms with E-state index in [-0.39, 0.29) is 11.8 Å². The molecule has 0 aliphatic carbocycles. The number of hydrogen-bond acceptors (Lipinski definition) is 4. The van der Waals surface area contributed by atoms with E-state index in [0.717, 1.165) is 38.3 Å². The Morgan fingerprint density at radius 2 is 1.82 bits per heavy atom. The first-order valence-corrected chi connectivity index (χ1v) is 10.4. The Bertz CT molecular complexity index is 813. The molecule has 1 aliphatic heterocycles. The fraction of sp³-hybridized carbons (Fsp3) is 0.381. The summed E-state index contributed by atoms with van der Waals surface area (Å²) in [6.45, 7) is 2.09. The number of rotatable bonds is 8. The molecule has 0 fully saturated rings. The van der Waals surface area contributed by atoms with Crippen LogP contribution in [0.5, 0.6) is 0 Å². The Labute approximate surface area is 169 Å². The second kappa shape index (κ2) is 9.50. The van der Waals surface area contributed by atoms with Crippen molar-refractivity contribution in [3.05, 3.63) is 57.8 Å². The van der Waals surface area contributed by atoms with E-state index in [1.54, 1.807) is 42.6 Å². The Kier molecular flexibility index (Phi) is 6.81. The van der Waals surface area contributed by atoms with Crippen LogP contribution in [0.15, 0.2) is 46.8 Å². The molecular weight excluding hydrogens is 372 g/mol. The highest BCUT2D eigenvalue weighted by Gasteiger charge is 2.34. The van der Waals surface area contributed by atoms with Crippen molar-refractivity contribution in [1.82, 2.24) is 15.1 Å². The van der Waals surface area contributed by atoms with Crippen molar-refractivity contribution in [2.45, 2.75) is 19.3 Å². The molecule has 6 nitrogen and oxygen atoms in total. The molecule has 0 spiro atoms. The highest BCUT2D eigenvalue weighted by molar-refractivity contribution is 7.09. The lowest BCUT2D eigenvalue weighted by Crippen LogP contribution is -2.40. The number of fused-ring (bicyclic) bond motifs is 1. The fourth-order valence-corrected chi connectivity index (χ4v) is 3.96. The summed E-state index contributed by atoms with van der Waals surface area (Å²) in [7, 11) is 3.81. The fourth-order valence-electron chi connectivity index (χ4n) is 3.26. The van der Waals surface area contributed by atoms with E-state index < -0.39 is 0 Å². The number of benzene rings is 1. The van der Waals surface area contributed by atoms with Crippen LogP contribution >= 0.6 is 11.3 Å². The molecule has 2 aromatic rings. The minimum Gasteiger partial charge on any atom is -0.356 e. The van der Waals surface area contributed by atoms with Gasteiger partial charge in [0.25, 0.3) is 11.8 Å². The summed E-state index contributed by atoms with van der Waals surface area (Å²) in [6.07, 6.45) is 2.61. The standard InChI is InChI=1S/C21H26N4O2S/c1-22-21(24(2)14-11-16-8-7-15-28-16)23-12-5-6-13-25-19(26)17-9-3-4-10-18(17)20(25)27/h3-4,7-10,15H,5-6,11-14H2,1-2H3,(H,22,23). The van der Waals surface area contributed by atoms with Crippen LogP contribution in [0.1, 0.15) is 38.4 Å². The van der Waals surface area contributed by atoms with Gasteiger partial charge in [-0.1, -0.05) is 18.2 Å². The number of imide groups is 1. The molecule has 2 amide bonds. The van der Waals surface area contributed by atoms with E-state index in [9.17, 15) is 9.59 Å². The number of nitrogens with one attached hydrogen (secondary N) is 1. The normalized spacial score (nSPS) is 13.8. The minimum absolute atomic E-state index is 0.183. The summed E-state index contributed by atoms with van der Waals surface area (Å²) >= 11 is 1.77. The van der Waals surface area contributed by atoms with E-state index in [1.165, 1.54) is 9.78 Å². The number of nitrogens with zero attached hydrogens (tertiary/aromatic N) is 3. The molecule has 148 valence electrons. The number of hydrogen-bond donors (Lipinski definition) is 1. The van der Waals surface area contributed by atoms with Crippen LogP contribution in [-0.4, -0.2) is 61.3 Å². The molecule has 0 saturated carbocycles. The number of thiophene rings is 1. The van der Waals surface area contributed by atoms with Crippen LogP contribution in [0.25, 0.3) is 0 Å². The Hall–Kier alpha value is -2.67. The number of carbonyl (C=O) groups is 2. The number of aliphatic imine (C=N–C) groups is 1. The number of amides is 2. The van der Waals surface area contributed by atoms with Gasteiger partial charge in [0.05, 0.1) is 11.1 Å². The zero-order valence-corrected chi connectivity index (χ0v) is 17.2. The summed E-state index contributed by atoms with van der Waals surface area (Å²) in [5.74, 6) is 0.493. The molecular formula is C21H26N4O2S. The highest BCUT2D eigenvalue weighted by Crippen LogP contribution is 2.22. The van der Waals surface area contributed by atoms with Crippen LogP contribution in [0.3, 0.4) is 0 Å². The number of likely N-dealkylation sites (N-methyl/N-ethyl adjacent to an activating group) is 1. The SMILES string of the molecule is CN=C(NCCCCN1C(=O)c2ccccc2C1=O)N(C)CCc1cccs1. The largest absolute Gasteiger partial charge is 0.356 e. The van der Waals surface area contributed by atoms with E-state index >= 15 is 0 Å². The van der Waals surface area contributed by atoms with Gasteiger partial charge in [-0.3, -0.25) is 19.5 Å². The molecule has 1 N–H and O–H groups in total.